The third kappa shape index (κ3) is 10.1. The molecule has 1 aliphatic rings. The number of nitrogens with one attached hydrogen (secondary N) is 3. The van der Waals surface area contributed by atoms with E-state index in [-0.39, 0.29) is 54.3 Å². The van der Waals surface area contributed by atoms with Gasteiger partial charge >= 0.3 is 0 Å². The van der Waals surface area contributed by atoms with Gasteiger partial charge < -0.3 is 41.2 Å². The third-order valence-electron chi connectivity index (χ3n) is 6.21. The van der Waals surface area contributed by atoms with Crippen LogP contribution in [0.1, 0.15) is 35.3 Å². The van der Waals surface area contributed by atoms with Crippen molar-refractivity contribution in [3.63, 3.8) is 0 Å². The summed E-state index contributed by atoms with van der Waals surface area (Å²) in [5, 5.41) is 17.3. The first-order valence-corrected chi connectivity index (χ1v) is 13.5. The average molecular weight is 564 g/mol. The molecular weight excluding hydrogens is 526 g/mol. The summed E-state index contributed by atoms with van der Waals surface area (Å²) in [4.78, 5) is 35.2. The molecule has 6 N–H and O–H groups in total. The molecule has 0 saturated carbocycles. The maximum atomic E-state index is 12.8. The van der Waals surface area contributed by atoms with E-state index in [0.717, 1.165) is 45.3 Å². The highest BCUT2D eigenvalue weighted by molar-refractivity contribution is 6.31. The number of aliphatic hydroxyl groups excluding tert-OH is 1. The summed E-state index contributed by atoms with van der Waals surface area (Å²) in [5.74, 6) is 0.447. The number of carbonyl (C=O) groups excluding carboxylic acids is 2. The van der Waals surface area contributed by atoms with Crippen LogP contribution in [0.25, 0.3) is 0 Å². The minimum atomic E-state index is -0.326. The summed E-state index contributed by atoms with van der Waals surface area (Å²) in [7, 11) is 1.65. The lowest BCUT2D eigenvalue weighted by atomic mass is 10.0. The quantitative estimate of drug-likeness (QED) is 0.198. The van der Waals surface area contributed by atoms with Crippen molar-refractivity contribution in [1.29, 1.82) is 0 Å². The Labute approximate surface area is 233 Å². The third-order valence-corrected chi connectivity index (χ3v) is 6.49. The number of nitrogens with two attached hydrogens (primary N) is 1. The number of ether oxygens (including phenoxy) is 2. The molecule has 1 aromatic carbocycles. The lowest BCUT2D eigenvalue weighted by Gasteiger charge is -2.33. The second-order valence-corrected chi connectivity index (χ2v) is 9.54. The fraction of sp³-hybridized carbons (Fsp3) is 0.538. The van der Waals surface area contributed by atoms with Crippen molar-refractivity contribution in [3.05, 3.63) is 40.7 Å². The standard InChI is InChI=1S/C26H38ClN7O5/c1-29-25-22(32-23(27)24(28)33-25)26(37)31-19-5-3-12-34(16-19)11-2-4-18-6-8-20(9-7-18)39-17-21(36)30-10-14-38-15-13-35/h6-9,19,35H,2-5,10-17H2,1H3,(H,30,36)(H,31,37)(H3,28,29,33). The van der Waals surface area contributed by atoms with E-state index < -0.39 is 0 Å². The molecule has 1 fully saturated rings. The van der Waals surface area contributed by atoms with E-state index in [4.69, 9.17) is 31.9 Å². The molecule has 12 nitrogen and oxygen atoms in total. The lowest BCUT2D eigenvalue weighted by molar-refractivity contribution is -0.123. The molecule has 0 aliphatic carbocycles. The molecule has 1 aromatic heterocycles. The highest BCUT2D eigenvalue weighted by Crippen LogP contribution is 2.20. The van der Waals surface area contributed by atoms with E-state index in [1.54, 1.807) is 7.05 Å². The predicted octanol–water partition coefficient (Wildman–Crippen LogP) is 1.08. The molecule has 1 atom stereocenters. The first kappa shape index (κ1) is 30.4. The predicted molar refractivity (Wildman–Crippen MR) is 149 cm³/mol. The summed E-state index contributed by atoms with van der Waals surface area (Å²) >= 11 is 5.98. The van der Waals surface area contributed by atoms with E-state index in [1.165, 1.54) is 5.56 Å². The molecule has 2 heterocycles. The highest BCUT2D eigenvalue weighted by atomic mass is 35.5. The number of hydrogen-bond acceptors (Lipinski definition) is 10. The Morgan fingerprint density at radius 3 is 2.77 bits per heavy atom. The number of aryl methyl sites for hydroxylation is 1. The first-order valence-electron chi connectivity index (χ1n) is 13.1. The van der Waals surface area contributed by atoms with Gasteiger partial charge in [-0.15, -0.1) is 0 Å². The molecule has 13 heteroatoms. The zero-order chi connectivity index (χ0) is 28.0. The molecule has 2 amide bonds. The van der Waals surface area contributed by atoms with Gasteiger partial charge in [0.2, 0.25) is 0 Å². The summed E-state index contributed by atoms with van der Waals surface area (Å²) < 4.78 is 10.6. The number of hydrogen-bond donors (Lipinski definition) is 5. The van der Waals surface area contributed by atoms with Crippen LogP contribution in [-0.2, 0) is 16.0 Å². The van der Waals surface area contributed by atoms with Crippen LogP contribution < -0.4 is 26.4 Å². The second kappa shape index (κ2) is 16.0. The molecule has 3 rings (SSSR count). The fourth-order valence-electron chi connectivity index (χ4n) is 4.28. The van der Waals surface area contributed by atoms with Crippen molar-refractivity contribution in [2.75, 3.05) is 70.7 Å². The highest BCUT2D eigenvalue weighted by Gasteiger charge is 2.24. The smallest absolute Gasteiger partial charge is 0.274 e. The SMILES string of the molecule is CNc1nc(N)c(Cl)nc1C(=O)NC1CCCN(CCCc2ccc(OCC(=O)NCCOCCO)cc2)C1. The Hall–Kier alpha value is -3.19. The number of nitrogen functional groups attached to an aromatic ring is 1. The Morgan fingerprint density at radius 1 is 1.23 bits per heavy atom. The Balaban J connectivity index is 1.36. The molecule has 1 saturated heterocycles. The number of likely N-dealkylation sites (tertiary alicyclic amines) is 1. The molecule has 0 bridgehead atoms. The van der Waals surface area contributed by atoms with Crippen LogP contribution in [0.5, 0.6) is 5.75 Å². The maximum absolute atomic E-state index is 12.8. The van der Waals surface area contributed by atoms with Gasteiger partial charge in [0.05, 0.1) is 19.8 Å². The van der Waals surface area contributed by atoms with Crippen LogP contribution in [0.3, 0.4) is 0 Å². The number of aromatic nitrogens is 2. The van der Waals surface area contributed by atoms with Crippen molar-refractivity contribution in [1.82, 2.24) is 25.5 Å². The summed E-state index contributed by atoms with van der Waals surface area (Å²) in [5.41, 5.74) is 7.02. The summed E-state index contributed by atoms with van der Waals surface area (Å²) in [6.07, 6.45) is 3.77. The summed E-state index contributed by atoms with van der Waals surface area (Å²) in [6.45, 7) is 3.53. The van der Waals surface area contributed by atoms with Crippen molar-refractivity contribution < 1.29 is 24.2 Å². The fourth-order valence-corrected chi connectivity index (χ4v) is 4.41. The Bertz CT molecular complexity index is 1070. The molecule has 1 aliphatic heterocycles. The zero-order valence-corrected chi connectivity index (χ0v) is 23.0. The van der Waals surface area contributed by atoms with Gasteiger partial charge in [0.15, 0.2) is 29.1 Å². The molecule has 214 valence electrons. The van der Waals surface area contributed by atoms with Gasteiger partial charge in [-0.3, -0.25) is 9.59 Å². The minimum absolute atomic E-state index is 0.00584. The number of piperidine rings is 1. The van der Waals surface area contributed by atoms with Crippen LogP contribution in [0.2, 0.25) is 5.15 Å². The first-order chi connectivity index (χ1) is 18.9. The van der Waals surface area contributed by atoms with E-state index in [9.17, 15) is 9.59 Å². The topological polar surface area (TPSA) is 164 Å². The maximum Gasteiger partial charge on any atom is 0.274 e. The number of benzene rings is 1. The van der Waals surface area contributed by atoms with Crippen molar-refractivity contribution in [2.45, 2.75) is 31.7 Å². The number of nitrogens with zero attached hydrogens (tertiary/aromatic N) is 3. The average Bonchev–Trinajstić information content (AvgIpc) is 2.94. The van der Waals surface area contributed by atoms with Gasteiger partial charge in [-0.25, -0.2) is 9.97 Å². The van der Waals surface area contributed by atoms with E-state index in [1.807, 2.05) is 24.3 Å². The van der Waals surface area contributed by atoms with Crippen LogP contribution in [0.15, 0.2) is 24.3 Å². The zero-order valence-electron chi connectivity index (χ0n) is 22.2. The Kier molecular flexibility index (Phi) is 12.5. The number of anilines is 2. The van der Waals surface area contributed by atoms with Crippen LogP contribution in [-0.4, -0.2) is 97.5 Å². The largest absolute Gasteiger partial charge is 0.484 e. The summed E-state index contributed by atoms with van der Waals surface area (Å²) in [6, 6.07) is 7.76. The van der Waals surface area contributed by atoms with Crippen molar-refractivity contribution >= 4 is 35.1 Å². The number of rotatable bonds is 15. The van der Waals surface area contributed by atoms with Crippen molar-refractivity contribution in [3.8, 4) is 5.75 Å². The van der Waals surface area contributed by atoms with Gasteiger partial charge in [0.1, 0.15) is 5.75 Å². The van der Waals surface area contributed by atoms with E-state index in [0.29, 0.717) is 24.7 Å². The number of aliphatic hydroxyl groups is 1. The van der Waals surface area contributed by atoms with Gasteiger partial charge in [0.25, 0.3) is 11.8 Å². The number of carbonyl (C=O) groups is 2. The van der Waals surface area contributed by atoms with Gasteiger partial charge in [-0.1, -0.05) is 23.7 Å². The van der Waals surface area contributed by atoms with Crippen LogP contribution >= 0.6 is 11.6 Å². The van der Waals surface area contributed by atoms with E-state index >= 15 is 0 Å². The lowest BCUT2D eigenvalue weighted by Crippen LogP contribution is -2.48. The normalized spacial score (nSPS) is 15.5. The molecular formula is C26H38ClN7O5. The van der Waals surface area contributed by atoms with Crippen LogP contribution in [0, 0.1) is 0 Å². The van der Waals surface area contributed by atoms with Crippen molar-refractivity contribution in [2.24, 2.45) is 0 Å². The molecule has 0 radical (unpaired) electrons. The van der Waals surface area contributed by atoms with Gasteiger partial charge in [-0.2, -0.15) is 0 Å². The van der Waals surface area contributed by atoms with Crippen LogP contribution in [0.4, 0.5) is 11.6 Å². The van der Waals surface area contributed by atoms with E-state index in [2.05, 4.69) is 30.8 Å². The monoisotopic (exact) mass is 563 g/mol. The van der Waals surface area contributed by atoms with Gasteiger partial charge in [-0.05, 0) is 56.5 Å². The number of halogens is 1. The molecule has 2 aromatic rings. The Morgan fingerprint density at radius 2 is 2.03 bits per heavy atom. The van der Waals surface area contributed by atoms with Gasteiger partial charge in [0, 0.05) is 26.2 Å². The minimum Gasteiger partial charge on any atom is -0.484 e. The molecule has 1 unspecified atom stereocenters. The second-order valence-electron chi connectivity index (χ2n) is 9.18. The molecule has 39 heavy (non-hydrogen) atoms. The molecule has 0 spiro atoms. The number of amides is 2.